The summed E-state index contributed by atoms with van der Waals surface area (Å²) in [6.07, 6.45) is 2.17. The molecule has 1 rings (SSSR count). The summed E-state index contributed by atoms with van der Waals surface area (Å²) in [6, 6.07) is 1.77. The Bertz CT molecular complexity index is 275. The van der Waals surface area contributed by atoms with Gasteiger partial charge in [-0.15, -0.1) is 0 Å². The molecule has 0 aliphatic rings. The average Bonchev–Trinajstić information content (AvgIpc) is 2.15. The van der Waals surface area contributed by atoms with Crippen LogP contribution in [0.3, 0.4) is 0 Å². The second-order valence-corrected chi connectivity index (χ2v) is 3.36. The van der Waals surface area contributed by atoms with Gasteiger partial charge in [-0.05, 0) is 18.9 Å². The van der Waals surface area contributed by atoms with E-state index in [4.69, 9.17) is 0 Å². The van der Waals surface area contributed by atoms with Crippen molar-refractivity contribution in [2.24, 2.45) is 5.92 Å². The molecule has 0 saturated carbocycles. The van der Waals surface area contributed by atoms with Gasteiger partial charge < -0.3 is 5.11 Å². The zero-order valence-electron chi connectivity index (χ0n) is 8.36. The summed E-state index contributed by atoms with van der Waals surface area (Å²) in [6.45, 7) is 5.90. The van der Waals surface area contributed by atoms with Crippen LogP contribution in [0.15, 0.2) is 12.3 Å². The molecular weight excluding hydrogens is 164 g/mol. The van der Waals surface area contributed by atoms with Gasteiger partial charge in [-0.2, -0.15) is 0 Å². The molecule has 0 bridgehead atoms. The zero-order chi connectivity index (χ0) is 9.84. The molecule has 0 aliphatic carbocycles. The van der Waals surface area contributed by atoms with E-state index in [0.717, 1.165) is 12.1 Å². The van der Waals surface area contributed by atoms with Crippen molar-refractivity contribution >= 4 is 0 Å². The van der Waals surface area contributed by atoms with Crippen molar-refractivity contribution < 1.29 is 5.11 Å². The minimum atomic E-state index is -0.466. The summed E-state index contributed by atoms with van der Waals surface area (Å²) in [5.41, 5.74) is 0.724. The molecule has 1 aromatic heterocycles. The highest BCUT2D eigenvalue weighted by atomic mass is 16.3. The van der Waals surface area contributed by atoms with E-state index in [1.807, 2.05) is 13.8 Å². The Morgan fingerprint density at radius 1 is 1.54 bits per heavy atom. The Morgan fingerprint density at radius 3 is 2.77 bits per heavy atom. The van der Waals surface area contributed by atoms with Crippen LogP contribution in [-0.2, 0) is 0 Å². The van der Waals surface area contributed by atoms with E-state index in [-0.39, 0.29) is 5.92 Å². The molecular formula is C10H16N2O. The third-order valence-corrected chi connectivity index (χ3v) is 2.28. The molecule has 0 aliphatic heterocycles. The second-order valence-electron chi connectivity index (χ2n) is 3.36. The zero-order valence-corrected chi connectivity index (χ0v) is 8.36. The van der Waals surface area contributed by atoms with Crippen LogP contribution in [0.4, 0.5) is 0 Å². The van der Waals surface area contributed by atoms with E-state index in [0.29, 0.717) is 5.82 Å². The molecule has 3 nitrogen and oxygen atoms in total. The molecule has 0 radical (unpaired) electrons. The van der Waals surface area contributed by atoms with Gasteiger partial charge in [-0.25, -0.2) is 9.97 Å². The van der Waals surface area contributed by atoms with E-state index in [9.17, 15) is 5.11 Å². The number of aromatic nitrogens is 2. The number of rotatable bonds is 3. The van der Waals surface area contributed by atoms with Crippen LogP contribution in [0.5, 0.6) is 0 Å². The van der Waals surface area contributed by atoms with Gasteiger partial charge >= 0.3 is 0 Å². The number of aliphatic hydroxyl groups excluding tert-OH is 1. The Hall–Kier alpha value is -0.960. The lowest BCUT2D eigenvalue weighted by molar-refractivity contribution is 0.111. The standard InChI is InChI=1S/C10H16N2O/c1-4-7(2)10(13)9-5-6-11-8(3)12-9/h5-7,10,13H,4H2,1-3H3. The highest BCUT2D eigenvalue weighted by Crippen LogP contribution is 2.21. The van der Waals surface area contributed by atoms with Crippen molar-refractivity contribution in [1.82, 2.24) is 9.97 Å². The minimum absolute atomic E-state index is 0.245. The van der Waals surface area contributed by atoms with E-state index in [2.05, 4.69) is 16.9 Å². The molecule has 2 unspecified atom stereocenters. The van der Waals surface area contributed by atoms with Crippen LogP contribution >= 0.6 is 0 Å². The molecule has 72 valence electrons. The van der Waals surface area contributed by atoms with Crippen LogP contribution in [0, 0.1) is 12.8 Å². The maximum Gasteiger partial charge on any atom is 0.125 e. The van der Waals surface area contributed by atoms with Gasteiger partial charge in [0, 0.05) is 6.20 Å². The second kappa shape index (κ2) is 4.33. The summed E-state index contributed by atoms with van der Waals surface area (Å²) in [5.74, 6) is 0.953. The van der Waals surface area contributed by atoms with Crippen LogP contribution in [0.25, 0.3) is 0 Å². The maximum absolute atomic E-state index is 9.82. The largest absolute Gasteiger partial charge is 0.387 e. The number of hydrogen-bond donors (Lipinski definition) is 1. The SMILES string of the molecule is CCC(C)C(O)c1ccnc(C)n1. The first kappa shape index (κ1) is 10.1. The minimum Gasteiger partial charge on any atom is -0.387 e. The Balaban J connectivity index is 2.82. The first-order valence-electron chi connectivity index (χ1n) is 4.62. The van der Waals surface area contributed by atoms with Crippen molar-refractivity contribution in [1.29, 1.82) is 0 Å². The molecule has 2 atom stereocenters. The highest BCUT2D eigenvalue weighted by Gasteiger charge is 2.15. The molecule has 0 spiro atoms. The Morgan fingerprint density at radius 2 is 2.23 bits per heavy atom. The van der Waals surface area contributed by atoms with Gasteiger partial charge in [-0.3, -0.25) is 0 Å². The van der Waals surface area contributed by atoms with Gasteiger partial charge in [0.05, 0.1) is 11.8 Å². The topological polar surface area (TPSA) is 46.0 Å². The van der Waals surface area contributed by atoms with Crippen molar-refractivity contribution in [2.45, 2.75) is 33.3 Å². The lowest BCUT2D eigenvalue weighted by Gasteiger charge is -2.16. The summed E-state index contributed by atoms with van der Waals surface area (Å²) >= 11 is 0. The van der Waals surface area contributed by atoms with Gasteiger partial charge in [0.25, 0.3) is 0 Å². The van der Waals surface area contributed by atoms with Gasteiger partial charge in [0.15, 0.2) is 0 Å². The predicted octanol–water partition coefficient (Wildman–Crippen LogP) is 1.86. The molecule has 0 aromatic carbocycles. The van der Waals surface area contributed by atoms with Crippen molar-refractivity contribution in [3.8, 4) is 0 Å². The third kappa shape index (κ3) is 2.49. The number of nitrogens with zero attached hydrogens (tertiary/aromatic N) is 2. The molecule has 3 heteroatoms. The maximum atomic E-state index is 9.82. The molecule has 0 fully saturated rings. The number of aryl methyl sites for hydroxylation is 1. The van der Waals surface area contributed by atoms with E-state index in [1.165, 1.54) is 0 Å². The normalized spacial score (nSPS) is 15.4. The van der Waals surface area contributed by atoms with Crippen LogP contribution in [0.2, 0.25) is 0 Å². The lowest BCUT2D eigenvalue weighted by Crippen LogP contribution is -2.10. The summed E-state index contributed by atoms with van der Waals surface area (Å²) < 4.78 is 0. The lowest BCUT2D eigenvalue weighted by atomic mass is 9.99. The quantitative estimate of drug-likeness (QED) is 0.772. The molecule has 1 heterocycles. The fraction of sp³-hybridized carbons (Fsp3) is 0.600. The first-order chi connectivity index (χ1) is 6.15. The first-order valence-corrected chi connectivity index (χ1v) is 4.62. The monoisotopic (exact) mass is 180 g/mol. The van der Waals surface area contributed by atoms with Gasteiger partial charge in [-0.1, -0.05) is 20.3 Å². The predicted molar refractivity (Wildman–Crippen MR) is 51.2 cm³/mol. The summed E-state index contributed by atoms with van der Waals surface area (Å²) in [5, 5.41) is 9.82. The van der Waals surface area contributed by atoms with Gasteiger partial charge in [0.1, 0.15) is 5.82 Å². The summed E-state index contributed by atoms with van der Waals surface area (Å²) in [7, 11) is 0. The van der Waals surface area contributed by atoms with Crippen LogP contribution in [-0.4, -0.2) is 15.1 Å². The van der Waals surface area contributed by atoms with Crippen LogP contribution < -0.4 is 0 Å². The van der Waals surface area contributed by atoms with E-state index < -0.39 is 6.10 Å². The van der Waals surface area contributed by atoms with Gasteiger partial charge in [0.2, 0.25) is 0 Å². The van der Waals surface area contributed by atoms with Crippen molar-refractivity contribution in [3.05, 3.63) is 23.8 Å². The molecule has 13 heavy (non-hydrogen) atoms. The third-order valence-electron chi connectivity index (χ3n) is 2.28. The van der Waals surface area contributed by atoms with E-state index >= 15 is 0 Å². The Kier molecular flexibility index (Phi) is 3.37. The fourth-order valence-corrected chi connectivity index (χ4v) is 1.15. The van der Waals surface area contributed by atoms with Crippen molar-refractivity contribution in [2.75, 3.05) is 0 Å². The smallest absolute Gasteiger partial charge is 0.125 e. The molecule has 0 amide bonds. The number of hydrogen-bond acceptors (Lipinski definition) is 3. The molecule has 1 N–H and O–H groups in total. The van der Waals surface area contributed by atoms with Crippen molar-refractivity contribution in [3.63, 3.8) is 0 Å². The highest BCUT2D eigenvalue weighted by molar-refractivity contribution is 5.05. The molecule has 1 aromatic rings. The fourth-order valence-electron chi connectivity index (χ4n) is 1.15. The Labute approximate surface area is 78.9 Å². The van der Waals surface area contributed by atoms with Crippen LogP contribution in [0.1, 0.15) is 37.9 Å². The van der Waals surface area contributed by atoms with E-state index in [1.54, 1.807) is 12.3 Å². The average molecular weight is 180 g/mol. The summed E-state index contributed by atoms with van der Waals surface area (Å²) in [4.78, 5) is 8.17. The number of aliphatic hydroxyl groups is 1. The molecule has 0 saturated heterocycles.